The number of hydrogen-bond donors (Lipinski definition) is 1. The number of hydrogen-bond acceptors (Lipinski definition) is 6. The van der Waals surface area contributed by atoms with E-state index in [1.165, 1.54) is 32.1 Å². The van der Waals surface area contributed by atoms with E-state index >= 15 is 0 Å². The minimum Gasteiger partial charge on any atom is -0.381 e. The van der Waals surface area contributed by atoms with Crippen molar-refractivity contribution in [2.75, 3.05) is 11.5 Å². The van der Waals surface area contributed by atoms with Crippen LogP contribution in [-0.2, 0) is 7.05 Å². The highest BCUT2D eigenvalue weighted by molar-refractivity contribution is 7.99. The summed E-state index contributed by atoms with van der Waals surface area (Å²) in [5, 5.41) is 6.84. The van der Waals surface area contributed by atoms with Crippen molar-refractivity contribution in [1.82, 2.24) is 24.7 Å². The summed E-state index contributed by atoms with van der Waals surface area (Å²) >= 11 is 8.27. The molecule has 3 aromatic heterocycles. The van der Waals surface area contributed by atoms with Crippen LogP contribution in [0.4, 0.5) is 5.82 Å². The second kappa shape index (κ2) is 9.08. The first-order chi connectivity index (χ1) is 15.6. The van der Waals surface area contributed by atoms with Gasteiger partial charge in [-0.1, -0.05) is 43.4 Å². The standard InChI is InChI=1S/C24H25ClN6S/c1-31-11-8-19(30-31)22-21(17-13-16-7-4-10-27-20(16)18(25)14-17)29-24(23(26)28-22)32-12-9-15-5-2-3-6-15/h4,7-8,10-11,13-15H,2-3,5-6,9,12H2,1H3,(H2,26,28). The molecule has 5 rings (SSSR count). The van der Waals surface area contributed by atoms with E-state index in [1.54, 1.807) is 22.6 Å². The van der Waals surface area contributed by atoms with E-state index in [-0.39, 0.29) is 0 Å². The van der Waals surface area contributed by atoms with Crippen LogP contribution in [0.2, 0.25) is 5.02 Å². The SMILES string of the molecule is Cn1ccc(-c2nc(N)c(SCCC3CCCC3)nc2-c2cc(Cl)c3ncccc3c2)n1. The van der Waals surface area contributed by atoms with Crippen LogP contribution in [-0.4, -0.2) is 30.5 Å². The quantitative estimate of drug-likeness (QED) is 0.352. The number of benzene rings is 1. The number of rotatable bonds is 6. The highest BCUT2D eigenvalue weighted by Gasteiger charge is 2.20. The summed E-state index contributed by atoms with van der Waals surface area (Å²) in [6, 6.07) is 9.77. The number of pyridine rings is 1. The third-order valence-electron chi connectivity index (χ3n) is 6.02. The van der Waals surface area contributed by atoms with E-state index < -0.39 is 0 Å². The number of nitrogens with two attached hydrogens (primary N) is 1. The Morgan fingerprint density at radius 1 is 1.16 bits per heavy atom. The average molecular weight is 465 g/mol. The van der Waals surface area contributed by atoms with E-state index in [0.29, 0.717) is 16.5 Å². The Balaban J connectivity index is 1.56. The zero-order chi connectivity index (χ0) is 22.1. The Morgan fingerprint density at radius 3 is 2.78 bits per heavy atom. The summed E-state index contributed by atoms with van der Waals surface area (Å²) < 4.78 is 1.75. The molecule has 1 fully saturated rings. The smallest absolute Gasteiger partial charge is 0.156 e. The van der Waals surface area contributed by atoms with Gasteiger partial charge >= 0.3 is 0 Å². The fraction of sp³-hybridized carbons (Fsp3) is 0.333. The maximum atomic E-state index is 6.58. The molecule has 32 heavy (non-hydrogen) atoms. The molecule has 0 saturated heterocycles. The Kier molecular flexibility index (Phi) is 6.02. The number of fused-ring (bicyclic) bond motifs is 1. The van der Waals surface area contributed by atoms with Gasteiger partial charge in [0.25, 0.3) is 0 Å². The van der Waals surface area contributed by atoms with Gasteiger partial charge in [-0.05, 0) is 42.4 Å². The van der Waals surface area contributed by atoms with Crippen molar-refractivity contribution in [3.63, 3.8) is 0 Å². The van der Waals surface area contributed by atoms with E-state index in [9.17, 15) is 0 Å². The fourth-order valence-corrected chi connectivity index (χ4v) is 5.64. The summed E-state index contributed by atoms with van der Waals surface area (Å²) in [6.45, 7) is 0. The largest absolute Gasteiger partial charge is 0.381 e. The van der Waals surface area contributed by atoms with Crippen molar-refractivity contribution in [3.05, 3.63) is 47.7 Å². The van der Waals surface area contributed by atoms with Crippen molar-refractivity contribution in [2.45, 2.75) is 37.1 Å². The second-order valence-electron chi connectivity index (χ2n) is 8.31. The van der Waals surface area contributed by atoms with Crippen molar-refractivity contribution in [3.8, 4) is 22.6 Å². The van der Waals surface area contributed by atoms with E-state index in [4.69, 9.17) is 27.3 Å². The lowest BCUT2D eigenvalue weighted by molar-refractivity contribution is 0.535. The van der Waals surface area contributed by atoms with Crippen LogP contribution in [0.5, 0.6) is 0 Å². The fourth-order valence-electron chi connectivity index (χ4n) is 4.37. The van der Waals surface area contributed by atoms with Crippen LogP contribution in [0, 0.1) is 5.92 Å². The maximum absolute atomic E-state index is 6.58. The molecule has 0 spiro atoms. The number of nitrogens with zero attached hydrogens (tertiary/aromatic N) is 5. The predicted molar refractivity (Wildman–Crippen MR) is 132 cm³/mol. The number of nitrogen functional groups attached to an aromatic ring is 1. The third kappa shape index (κ3) is 4.32. The Labute approximate surface area is 196 Å². The van der Waals surface area contributed by atoms with Crippen molar-refractivity contribution in [1.29, 1.82) is 0 Å². The summed E-state index contributed by atoms with van der Waals surface area (Å²) in [4.78, 5) is 14.1. The monoisotopic (exact) mass is 464 g/mol. The Hall–Kier alpha value is -2.64. The molecule has 1 saturated carbocycles. The molecular formula is C24H25ClN6S. The molecule has 0 aliphatic heterocycles. The normalized spacial score (nSPS) is 14.4. The molecule has 0 atom stereocenters. The van der Waals surface area contributed by atoms with Crippen LogP contribution < -0.4 is 5.73 Å². The molecule has 6 nitrogen and oxygen atoms in total. The van der Waals surface area contributed by atoms with Crippen LogP contribution in [0.25, 0.3) is 33.5 Å². The molecule has 1 aliphatic rings. The number of aryl methyl sites for hydroxylation is 1. The number of halogens is 1. The van der Waals surface area contributed by atoms with Gasteiger partial charge < -0.3 is 5.73 Å². The second-order valence-corrected chi connectivity index (χ2v) is 9.80. The highest BCUT2D eigenvalue weighted by atomic mass is 35.5. The van der Waals surface area contributed by atoms with E-state index in [0.717, 1.165) is 44.6 Å². The molecule has 2 N–H and O–H groups in total. The van der Waals surface area contributed by atoms with Crippen LogP contribution in [0.15, 0.2) is 47.8 Å². The van der Waals surface area contributed by atoms with Crippen molar-refractivity contribution >= 4 is 40.1 Å². The van der Waals surface area contributed by atoms with Gasteiger partial charge in [-0.2, -0.15) is 5.10 Å². The molecule has 3 heterocycles. The Morgan fingerprint density at radius 2 is 2.00 bits per heavy atom. The van der Waals surface area contributed by atoms with E-state index in [1.807, 2.05) is 43.6 Å². The zero-order valence-corrected chi connectivity index (χ0v) is 19.5. The molecule has 8 heteroatoms. The van der Waals surface area contributed by atoms with Gasteiger partial charge in [0.15, 0.2) is 5.82 Å². The molecule has 1 aromatic carbocycles. The lowest BCUT2D eigenvalue weighted by Crippen LogP contribution is -2.04. The Bertz CT molecular complexity index is 1260. The molecular weight excluding hydrogens is 440 g/mol. The summed E-state index contributed by atoms with van der Waals surface area (Å²) in [5.41, 5.74) is 10.1. The topological polar surface area (TPSA) is 82.5 Å². The predicted octanol–water partition coefficient (Wildman–Crippen LogP) is 6.00. The van der Waals surface area contributed by atoms with Gasteiger partial charge in [-0.3, -0.25) is 9.67 Å². The third-order valence-corrected chi connectivity index (χ3v) is 7.32. The molecule has 0 bridgehead atoms. The lowest BCUT2D eigenvalue weighted by atomic mass is 10.0. The molecule has 0 amide bonds. The maximum Gasteiger partial charge on any atom is 0.156 e. The molecule has 0 radical (unpaired) electrons. The van der Waals surface area contributed by atoms with Crippen molar-refractivity contribution in [2.24, 2.45) is 13.0 Å². The van der Waals surface area contributed by atoms with Gasteiger partial charge in [0, 0.05) is 30.4 Å². The minimum atomic E-state index is 0.444. The lowest BCUT2D eigenvalue weighted by Gasteiger charge is -2.13. The molecule has 4 aromatic rings. The van der Waals surface area contributed by atoms with Gasteiger partial charge in [0.1, 0.15) is 16.4 Å². The van der Waals surface area contributed by atoms with Gasteiger partial charge in [0.2, 0.25) is 0 Å². The summed E-state index contributed by atoms with van der Waals surface area (Å²) in [5.74, 6) is 2.27. The molecule has 164 valence electrons. The van der Waals surface area contributed by atoms with Gasteiger partial charge in [0.05, 0.1) is 16.2 Å². The first kappa shape index (κ1) is 21.2. The number of anilines is 1. The molecule has 0 unspecified atom stereocenters. The molecule has 1 aliphatic carbocycles. The van der Waals surface area contributed by atoms with E-state index in [2.05, 4.69) is 10.1 Å². The highest BCUT2D eigenvalue weighted by Crippen LogP contribution is 2.37. The van der Waals surface area contributed by atoms with Gasteiger partial charge in [-0.15, -0.1) is 11.8 Å². The summed E-state index contributed by atoms with van der Waals surface area (Å²) in [7, 11) is 1.88. The van der Waals surface area contributed by atoms with Crippen molar-refractivity contribution < 1.29 is 0 Å². The average Bonchev–Trinajstić information content (AvgIpc) is 3.46. The zero-order valence-electron chi connectivity index (χ0n) is 18.0. The minimum absolute atomic E-state index is 0.444. The summed E-state index contributed by atoms with van der Waals surface area (Å²) in [6.07, 6.45) is 10.2. The van der Waals surface area contributed by atoms with Crippen LogP contribution in [0.3, 0.4) is 0 Å². The van der Waals surface area contributed by atoms with Crippen LogP contribution in [0.1, 0.15) is 32.1 Å². The van der Waals surface area contributed by atoms with Crippen LogP contribution >= 0.6 is 23.4 Å². The number of aromatic nitrogens is 5. The number of thioether (sulfide) groups is 1. The first-order valence-corrected chi connectivity index (χ1v) is 12.3. The first-order valence-electron chi connectivity index (χ1n) is 10.9. The van der Waals surface area contributed by atoms with Gasteiger partial charge in [-0.25, -0.2) is 9.97 Å².